The van der Waals surface area contributed by atoms with Crippen LogP contribution in [0.3, 0.4) is 0 Å². The van der Waals surface area contributed by atoms with E-state index in [0.29, 0.717) is 5.92 Å². The van der Waals surface area contributed by atoms with Gasteiger partial charge in [-0.3, -0.25) is 0 Å². The lowest BCUT2D eigenvalue weighted by molar-refractivity contribution is 0.233. The van der Waals surface area contributed by atoms with Gasteiger partial charge in [-0.25, -0.2) is 0 Å². The molecule has 1 unspecified atom stereocenters. The van der Waals surface area contributed by atoms with E-state index in [4.69, 9.17) is 4.74 Å². The first kappa shape index (κ1) is 37.2. The van der Waals surface area contributed by atoms with Crippen molar-refractivity contribution in [1.29, 1.82) is 0 Å². The van der Waals surface area contributed by atoms with Gasteiger partial charge >= 0.3 is 0 Å². The number of unbranched alkanes of at least 4 members (excludes halogenated alkanes) is 1. The molecule has 0 spiro atoms. The Balaban J connectivity index is 1.24. The zero-order valence-electron chi connectivity index (χ0n) is 33.5. The van der Waals surface area contributed by atoms with Crippen molar-refractivity contribution in [2.45, 2.75) is 129 Å². The highest BCUT2D eigenvalue weighted by molar-refractivity contribution is 5.88. The molecule has 276 valence electrons. The van der Waals surface area contributed by atoms with Gasteiger partial charge in [0.15, 0.2) is 0 Å². The molecule has 0 fully saturated rings. The summed E-state index contributed by atoms with van der Waals surface area (Å²) >= 11 is 0. The second-order valence-electron chi connectivity index (χ2n) is 16.2. The number of hydrogen-bond acceptors (Lipinski definition) is 1. The highest BCUT2D eigenvalue weighted by atomic mass is 16.5. The summed E-state index contributed by atoms with van der Waals surface area (Å²) in [5, 5.41) is 0. The van der Waals surface area contributed by atoms with E-state index in [2.05, 4.69) is 145 Å². The normalized spacial score (nSPS) is 15.1. The molecule has 5 aromatic carbocycles. The molecule has 0 N–H and O–H groups in total. The molecule has 1 heteroatoms. The maximum absolute atomic E-state index is 6.28. The largest absolute Gasteiger partial charge is 0.493 e. The second-order valence-corrected chi connectivity index (χ2v) is 16.2. The molecule has 0 saturated heterocycles. The average Bonchev–Trinajstić information content (AvgIpc) is 3.61. The standard InChI is InChI=1S/C52H62O/c1-7-13-16-37(12-6)36-53-42-24-19-38(20-25-42)39-21-26-45-46-28-23-41(35-50(46)52(31-10-4,32-11-5)49(45)33-39)40-22-27-44-43-17-14-15-18-47(43)51(29-8-2,30-9-3)48(44)34-40/h14-15,17-28,33-35,37H,7-13,16,29-32,36H2,1-6H3. The van der Waals surface area contributed by atoms with Crippen molar-refractivity contribution in [2.24, 2.45) is 5.92 Å². The summed E-state index contributed by atoms with van der Waals surface area (Å²) < 4.78 is 6.28. The molecule has 1 nitrogen and oxygen atoms in total. The summed E-state index contributed by atoms with van der Waals surface area (Å²) in [6, 6.07) is 40.2. The van der Waals surface area contributed by atoms with Crippen LogP contribution in [-0.4, -0.2) is 6.61 Å². The molecule has 0 aromatic heterocycles. The second kappa shape index (κ2) is 16.1. The van der Waals surface area contributed by atoms with Crippen LogP contribution in [0.15, 0.2) is 103 Å². The van der Waals surface area contributed by atoms with E-state index in [9.17, 15) is 0 Å². The molecule has 0 amide bonds. The van der Waals surface area contributed by atoms with Gasteiger partial charge in [0.25, 0.3) is 0 Å². The highest BCUT2D eigenvalue weighted by Gasteiger charge is 2.43. The van der Waals surface area contributed by atoms with Crippen molar-refractivity contribution < 1.29 is 4.74 Å². The molecular weight excluding hydrogens is 641 g/mol. The van der Waals surface area contributed by atoms with Crippen molar-refractivity contribution in [1.82, 2.24) is 0 Å². The lowest BCUT2D eigenvalue weighted by Crippen LogP contribution is -2.25. The first-order valence-electron chi connectivity index (χ1n) is 21.2. The van der Waals surface area contributed by atoms with E-state index < -0.39 is 0 Å². The third-order valence-electron chi connectivity index (χ3n) is 12.9. The van der Waals surface area contributed by atoms with Gasteiger partial charge in [-0.15, -0.1) is 0 Å². The minimum Gasteiger partial charge on any atom is -0.493 e. The van der Waals surface area contributed by atoms with Gasteiger partial charge in [-0.05, 0) is 135 Å². The van der Waals surface area contributed by atoms with Crippen molar-refractivity contribution in [3.8, 4) is 50.3 Å². The number of hydrogen-bond donors (Lipinski definition) is 0. The van der Waals surface area contributed by atoms with Gasteiger partial charge in [0.1, 0.15) is 5.75 Å². The minimum absolute atomic E-state index is 0.0119. The molecular formula is C52H62O. The number of rotatable bonds is 17. The van der Waals surface area contributed by atoms with Crippen LogP contribution >= 0.6 is 0 Å². The van der Waals surface area contributed by atoms with Crippen LogP contribution in [0.5, 0.6) is 5.75 Å². The van der Waals surface area contributed by atoms with Gasteiger partial charge in [-0.2, -0.15) is 0 Å². The number of fused-ring (bicyclic) bond motifs is 6. The first-order valence-corrected chi connectivity index (χ1v) is 21.2. The Hall–Kier alpha value is -4.10. The Labute approximate surface area is 321 Å². The highest BCUT2D eigenvalue weighted by Crippen LogP contribution is 2.57. The fourth-order valence-corrected chi connectivity index (χ4v) is 10.4. The lowest BCUT2D eigenvalue weighted by Gasteiger charge is -2.33. The summed E-state index contributed by atoms with van der Waals surface area (Å²) in [5.74, 6) is 1.61. The molecule has 0 bridgehead atoms. The predicted molar refractivity (Wildman–Crippen MR) is 228 cm³/mol. The van der Waals surface area contributed by atoms with Gasteiger partial charge in [0, 0.05) is 10.8 Å². The zero-order valence-corrected chi connectivity index (χ0v) is 33.5. The topological polar surface area (TPSA) is 9.23 Å². The van der Waals surface area contributed by atoms with Gasteiger partial charge in [0.05, 0.1) is 6.61 Å². The summed E-state index contributed by atoms with van der Waals surface area (Å²) in [6.45, 7) is 14.8. The van der Waals surface area contributed by atoms with Crippen molar-refractivity contribution in [2.75, 3.05) is 6.61 Å². The Bertz CT molecular complexity index is 2000. The zero-order chi connectivity index (χ0) is 37.0. The molecule has 2 aliphatic carbocycles. The van der Waals surface area contributed by atoms with Crippen molar-refractivity contribution >= 4 is 0 Å². The quantitative estimate of drug-likeness (QED) is 0.0937. The van der Waals surface area contributed by atoms with E-state index in [1.165, 1.54) is 113 Å². The minimum atomic E-state index is 0.0119. The van der Waals surface area contributed by atoms with E-state index in [0.717, 1.165) is 38.0 Å². The monoisotopic (exact) mass is 702 g/mol. The van der Waals surface area contributed by atoms with E-state index in [1.54, 1.807) is 5.56 Å². The Morgan fingerprint density at radius 1 is 0.453 bits per heavy atom. The molecule has 7 rings (SSSR count). The molecule has 2 aliphatic rings. The fourth-order valence-electron chi connectivity index (χ4n) is 10.4. The van der Waals surface area contributed by atoms with Crippen LogP contribution in [0.2, 0.25) is 0 Å². The van der Waals surface area contributed by atoms with Crippen LogP contribution in [-0.2, 0) is 10.8 Å². The summed E-state index contributed by atoms with van der Waals surface area (Å²) in [5.41, 5.74) is 17.2. The first-order chi connectivity index (χ1) is 26.0. The Morgan fingerprint density at radius 2 is 0.887 bits per heavy atom. The fraction of sp³-hybridized carbons (Fsp3) is 0.423. The van der Waals surface area contributed by atoms with Crippen LogP contribution in [0.4, 0.5) is 0 Å². The third-order valence-corrected chi connectivity index (χ3v) is 12.9. The smallest absolute Gasteiger partial charge is 0.119 e. The third kappa shape index (κ3) is 6.68. The van der Waals surface area contributed by atoms with Crippen molar-refractivity contribution in [3.63, 3.8) is 0 Å². The average molecular weight is 703 g/mol. The number of ether oxygens (including phenoxy) is 1. The van der Waals surface area contributed by atoms with Gasteiger partial charge in [-0.1, -0.05) is 159 Å². The molecule has 53 heavy (non-hydrogen) atoms. The van der Waals surface area contributed by atoms with Crippen molar-refractivity contribution in [3.05, 3.63) is 125 Å². The SMILES string of the molecule is CCCCC(CC)COc1ccc(-c2ccc3c(c2)C(CCC)(CCC)c2cc(-c4ccc5c(c4)C(CCC)(CCC)c4ccccc4-5)ccc2-3)cc1. The molecule has 5 aromatic rings. The molecule has 0 radical (unpaired) electrons. The molecule has 1 atom stereocenters. The molecule has 0 heterocycles. The molecule has 0 saturated carbocycles. The van der Waals surface area contributed by atoms with E-state index >= 15 is 0 Å². The van der Waals surface area contributed by atoms with Gasteiger partial charge in [0.2, 0.25) is 0 Å². The number of benzene rings is 5. The van der Waals surface area contributed by atoms with Crippen LogP contribution < -0.4 is 4.74 Å². The maximum Gasteiger partial charge on any atom is 0.119 e. The van der Waals surface area contributed by atoms with Crippen LogP contribution in [0.1, 0.15) is 141 Å². The maximum atomic E-state index is 6.28. The molecule has 0 aliphatic heterocycles. The Morgan fingerprint density at radius 3 is 1.36 bits per heavy atom. The Kier molecular flexibility index (Phi) is 11.3. The van der Waals surface area contributed by atoms with E-state index in [1.807, 2.05) is 0 Å². The summed E-state index contributed by atoms with van der Waals surface area (Å²) in [4.78, 5) is 0. The predicted octanol–water partition coefficient (Wildman–Crippen LogP) is 15.3. The summed E-state index contributed by atoms with van der Waals surface area (Å²) in [6.07, 6.45) is 14.3. The lowest BCUT2D eigenvalue weighted by atomic mass is 9.70. The van der Waals surface area contributed by atoms with E-state index in [-0.39, 0.29) is 10.8 Å². The van der Waals surface area contributed by atoms with Crippen LogP contribution in [0.25, 0.3) is 44.5 Å². The van der Waals surface area contributed by atoms with Gasteiger partial charge < -0.3 is 4.74 Å². The summed E-state index contributed by atoms with van der Waals surface area (Å²) in [7, 11) is 0. The van der Waals surface area contributed by atoms with Crippen LogP contribution in [0, 0.1) is 5.92 Å².